The molecule has 166 valence electrons. The molecule has 4 aliphatic heterocycles. The highest BCUT2D eigenvalue weighted by Crippen LogP contribution is 2.56. The summed E-state index contributed by atoms with van der Waals surface area (Å²) < 4.78 is 11.2. The topological polar surface area (TPSA) is 124 Å². The molecule has 9 heteroatoms. The van der Waals surface area contributed by atoms with E-state index in [1.54, 1.807) is 14.0 Å². The molecular weight excluding hydrogens is 412 g/mol. The average molecular weight is 436 g/mol. The largest absolute Gasteiger partial charge is 0.449 e. The number of Topliss-reactive ketones (excluding diaryl/α,β-unsaturated/α-hetero) is 2. The van der Waals surface area contributed by atoms with Crippen LogP contribution in [0.2, 0.25) is 0 Å². The van der Waals surface area contributed by atoms with Gasteiger partial charge in [-0.2, -0.15) is 0 Å². The number of carbonyl (C=O) groups excluding carboxylic acids is 3. The number of carbonyl (C=O) groups is 3. The number of fused-ring (bicyclic) bond motifs is 5. The number of anilines is 1. The van der Waals surface area contributed by atoms with Crippen molar-refractivity contribution >= 4 is 23.3 Å². The number of primary amides is 1. The molecule has 5 aliphatic rings. The number of nitrogens with one attached hydrogen (secondary N) is 1. The van der Waals surface area contributed by atoms with Crippen LogP contribution in [0.5, 0.6) is 0 Å². The van der Waals surface area contributed by atoms with Gasteiger partial charge in [-0.15, -0.1) is 0 Å². The second-order valence-corrected chi connectivity index (χ2v) is 8.92. The zero-order valence-electron chi connectivity index (χ0n) is 17.9. The molecule has 2 saturated heterocycles. The summed E-state index contributed by atoms with van der Waals surface area (Å²) in [7, 11) is 1.57. The van der Waals surface area contributed by atoms with Crippen LogP contribution in [0.3, 0.4) is 0 Å². The first-order valence-corrected chi connectivity index (χ1v) is 10.8. The predicted molar refractivity (Wildman–Crippen MR) is 113 cm³/mol. The fraction of sp³-hybridized carbons (Fsp3) is 0.435. The minimum absolute atomic E-state index is 0.0588. The molecular formula is C23H24N4O5. The SMILES string of the molecule is COC12[C@@H]3N[C@@H]3CN1C1=C(C(=O)C(N3CCc4ccccc43)=C(C)C1=O)[C@@H]2COC(N)=O. The third-order valence-electron chi connectivity index (χ3n) is 7.55. The zero-order valence-corrected chi connectivity index (χ0v) is 17.9. The maximum absolute atomic E-state index is 14.0. The molecule has 9 nitrogen and oxygen atoms in total. The molecule has 32 heavy (non-hydrogen) atoms. The molecule has 3 N–H and O–H groups in total. The molecule has 2 fully saturated rings. The Morgan fingerprint density at radius 3 is 2.78 bits per heavy atom. The van der Waals surface area contributed by atoms with E-state index in [2.05, 4.69) is 5.32 Å². The van der Waals surface area contributed by atoms with Crippen LogP contribution in [-0.4, -0.2) is 67.2 Å². The van der Waals surface area contributed by atoms with Gasteiger partial charge in [0.1, 0.15) is 6.61 Å². The normalized spacial score (nSPS) is 32.2. The number of ketones is 2. The van der Waals surface area contributed by atoms with Crippen molar-refractivity contribution in [3.63, 3.8) is 0 Å². The minimum atomic E-state index is -0.964. The quantitative estimate of drug-likeness (QED) is 0.515. The molecule has 1 unspecified atom stereocenters. The van der Waals surface area contributed by atoms with Crippen LogP contribution in [0.15, 0.2) is 46.8 Å². The van der Waals surface area contributed by atoms with Gasteiger partial charge in [-0.05, 0) is 25.0 Å². The molecule has 6 rings (SSSR count). The van der Waals surface area contributed by atoms with Crippen molar-refractivity contribution in [3.8, 4) is 0 Å². The Balaban J connectivity index is 1.47. The number of nitrogens with two attached hydrogens (primary N) is 1. The Morgan fingerprint density at radius 2 is 2.03 bits per heavy atom. The maximum atomic E-state index is 14.0. The number of hydrogen-bond acceptors (Lipinski definition) is 8. The van der Waals surface area contributed by atoms with E-state index in [1.165, 1.54) is 0 Å². The first-order chi connectivity index (χ1) is 15.4. The predicted octanol–water partition coefficient (Wildman–Crippen LogP) is 0.453. The maximum Gasteiger partial charge on any atom is 0.404 e. The molecule has 1 aromatic carbocycles. The summed E-state index contributed by atoms with van der Waals surface area (Å²) in [5.74, 6) is -1.02. The van der Waals surface area contributed by atoms with Gasteiger partial charge in [0.15, 0.2) is 5.72 Å². The number of para-hydroxylation sites is 1. The lowest BCUT2D eigenvalue weighted by atomic mass is 9.82. The number of hydrogen-bond donors (Lipinski definition) is 2. The molecule has 0 aromatic heterocycles. The first kappa shape index (κ1) is 19.5. The van der Waals surface area contributed by atoms with E-state index in [4.69, 9.17) is 15.2 Å². The summed E-state index contributed by atoms with van der Waals surface area (Å²) in [6.07, 6.45) is -0.124. The lowest BCUT2D eigenvalue weighted by molar-refractivity contribution is -0.137. The van der Waals surface area contributed by atoms with Crippen LogP contribution in [0.4, 0.5) is 10.5 Å². The second kappa shape index (κ2) is 6.43. The molecule has 1 amide bonds. The highest BCUT2D eigenvalue weighted by atomic mass is 16.6. The van der Waals surface area contributed by atoms with E-state index >= 15 is 0 Å². The number of piperazine rings is 1. The second-order valence-electron chi connectivity index (χ2n) is 8.92. The standard InChI is InChI=1S/C23H24N4O5/c1-11-17(26-8-7-12-5-3-4-6-15(12)26)20(29)16-13(10-32-22(24)30)23(31-2)21-14(25-21)9-27(23)18(16)19(11)28/h3-6,13-14,21,25H,7-10H2,1-2H3,(H2,24,30)/t13-,14+,21+,23?/m0/s1. The van der Waals surface area contributed by atoms with Crippen LogP contribution in [-0.2, 0) is 25.5 Å². The van der Waals surface area contributed by atoms with E-state index < -0.39 is 17.7 Å². The number of amides is 1. The van der Waals surface area contributed by atoms with Crippen LogP contribution in [0.25, 0.3) is 0 Å². The monoisotopic (exact) mass is 436 g/mol. The van der Waals surface area contributed by atoms with Gasteiger partial charge in [-0.25, -0.2) is 4.79 Å². The zero-order chi connectivity index (χ0) is 22.4. The van der Waals surface area contributed by atoms with Gasteiger partial charge in [-0.1, -0.05) is 18.2 Å². The summed E-state index contributed by atoms with van der Waals surface area (Å²) in [5, 5.41) is 3.37. The number of benzene rings is 1. The number of ether oxygens (including phenoxy) is 2. The third kappa shape index (κ3) is 2.27. The molecule has 1 aliphatic carbocycles. The first-order valence-electron chi connectivity index (χ1n) is 10.8. The Bertz CT molecular complexity index is 1160. The van der Waals surface area contributed by atoms with Crippen molar-refractivity contribution < 1.29 is 23.9 Å². The lowest BCUT2D eigenvalue weighted by Crippen LogP contribution is -2.55. The van der Waals surface area contributed by atoms with E-state index in [1.807, 2.05) is 34.1 Å². The fourth-order valence-corrected chi connectivity index (χ4v) is 6.17. The van der Waals surface area contributed by atoms with E-state index in [0.717, 1.165) is 17.7 Å². The van der Waals surface area contributed by atoms with Crippen LogP contribution in [0.1, 0.15) is 12.5 Å². The summed E-state index contributed by atoms with van der Waals surface area (Å²) in [5.41, 5.74) is 7.94. The average Bonchev–Trinajstić information content (AvgIpc) is 3.18. The van der Waals surface area contributed by atoms with Crippen molar-refractivity contribution in [2.75, 3.05) is 31.7 Å². The molecule has 0 spiro atoms. The van der Waals surface area contributed by atoms with Gasteiger partial charge in [0.2, 0.25) is 11.6 Å². The molecule has 0 bridgehead atoms. The van der Waals surface area contributed by atoms with E-state index in [9.17, 15) is 14.4 Å². The van der Waals surface area contributed by atoms with Gasteiger partial charge in [0.05, 0.1) is 23.4 Å². The summed E-state index contributed by atoms with van der Waals surface area (Å²) >= 11 is 0. The van der Waals surface area contributed by atoms with E-state index in [-0.39, 0.29) is 30.3 Å². The van der Waals surface area contributed by atoms with Crippen LogP contribution >= 0.6 is 0 Å². The fourth-order valence-electron chi connectivity index (χ4n) is 6.17. The Morgan fingerprint density at radius 1 is 1.25 bits per heavy atom. The van der Waals surface area contributed by atoms with E-state index in [0.29, 0.717) is 35.6 Å². The van der Waals surface area contributed by atoms with Crippen molar-refractivity contribution in [1.82, 2.24) is 10.2 Å². The highest BCUT2D eigenvalue weighted by molar-refractivity contribution is 6.27. The number of methoxy groups -OCH3 is 1. The van der Waals surface area contributed by atoms with Crippen molar-refractivity contribution in [2.24, 2.45) is 11.7 Å². The molecule has 4 heterocycles. The van der Waals surface area contributed by atoms with Crippen LogP contribution in [0, 0.1) is 5.92 Å². The molecule has 1 aromatic rings. The number of nitrogens with zero attached hydrogens (tertiary/aromatic N) is 2. The van der Waals surface area contributed by atoms with Crippen LogP contribution < -0.4 is 16.0 Å². The van der Waals surface area contributed by atoms with Gasteiger partial charge < -0.3 is 30.3 Å². The van der Waals surface area contributed by atoms with Gasteiger partial charge in [0.25, 0.3) is 0 Å². The summed E-state index contributed by atoms with van der Waals surface area (Å²) in [6.45, 7) is 2.77. The number of allylic oxidation sites excluding steroid dienone is 2. The molecule has 0 saturated carbocycles. The van der Waals surface area contributed by atoms with Crippen molar-refractivity contribution in [1.29, 1.82) is 0 Å². The Kier molecular flexibility index (Phi) is 3.92. The molecule has 4 atom stereocenters. The summed E-state index contributed by atoms with van der Waals surface area (Å²) in [4.78, 5) is 43.0. The Labute approximate surface area is 184 Å². The van der Waals surface area contributed by atoms with Crippen molar-refractivity contribution in [2.45, 2.75) is 31.2 Å². The smallest absolute Gasteiger partial charge is 0.404 e. The van der Waals surface area contributed by atoms with Crippen molar-refractivity contribution in [3.05, 3.63) is 52.4 Å². The number of rotatable bonds is 4. The lowest BCUT2D eigenvalue weighted by Gasteiger charge is -2.39. The highest BCUT2D eigenvalue weighted by Gasteiger charge is 2.72. The summed E-state index contributed by atoms with van der Waals surface area (Å²) in [6, 6.07) is 8.03. The third-order valence-corrected chi connectivity index (χ3v) is 7.55. The molecule has 0 radical (unpaired) electrons. The van der Waals surface area contributed by atoms with Gasteiger partial charge in [-0.3, -0.25) is 9.59 Å². The minimum Gasteiger partial charge on any atom is -0.449 e. The van der Waals surface area contributed by atoms with Gasteiger partial charge in [0, 0.05) is 43.1 Å². The van der Waals surface area contributed by atoms with Gasteiger partial charge >= 0.3 is 6.09 Å². The Hall–Kier alpha value is -3.17.